The van der Waals surface area contributed by atoms with Crippen LogP contribution in [0.2, 0.25) is 5.02 Å². The van der Waals surface area contributed by atoms with E-state index in [0.29, 0.717) is 11.1 Å². The van der Waals surface area contributed by atoms with E-state index in [4.69, 9.17) is 11.6 Å². The third-order valence-electron chi connectivity index (χ3n) is 3.66. The molecular formula is C13H17BrClN3. The summed E-state index contributed by atoms with van der Waals surface area (Å²) in [5, 5.41) is 4.30. The first kappa shape index (κ1) is 12.7. The summed E-state index contributed by atoms with van der Waals surface area (Å²) in [6.45, 7) is 2.16. The van der Waals surface area contributed by atoms with Crippen LogP contribution < -0.4 is 10.2 Å². The summed E-state index contributed by atoms with van der Waals surface area (Å²) in [5.74, 6) is 1.03. The molecule has 98 valence electrons. The SMILES string of the molecule is Clc1cnc(N2CCCC2CNC2CC2)c(Br)c1. The molecule has 1 aromatic heterocycles. The Morgan fingerprint density at radius 3 is 3.00 bits per heavy atom. The zero-order chi connectivity index (χ0) is 12.5. The van der Waals surface area contributed by atoms with Crippen molar-refractivity contribution in [2.45, 2.75) is 37.8 Å². The smallest absolute Gasteiger partial charge is 0.143 e. The normalized spacial score (nSPS) is 23.7. The molecule has 18 heavy (non-hydrogen) atoms. The lowest BCUT2D eigenvalue weighted by Crippen LogP contribution is -2.39. The maximum atomic E-state index is 5.95. The van der Waals surface area contributed by atoms with Gasteiger partial charge >= 0.3 is 0 Å². The highest BCUT2D eigenvalue weighted by atomic mass is 79.9. The molecule has 2 aliphatic rings. The van der Waals surface area contributed by atoms with Gasteiger partial charge in [-0.2, -0.15) is 0 Å². The highest BCUT2D eigenvalue weighted by Gasteiger charge is 2.29. The fourth-order valence-electron chi connectivity index (χ4n) is 2.54. The van der Waals surface area contributed by atoms with Crippen LogP contribution in [0.3, 0.4) is 0 Å². The molecule has 1 N–H and O–H groups in total. The van der Waals surface area contributed by atoms with Crippen molar-refractivity contribution < 1.29 is 0 Å². The van der Waals surface area contributed by atoms with Crippen molar-refractivity contribution in [3.05, 3.63) is 21.8 Å². The van der Waals surface area contributed by atoms with Crippen molar-refractivity contribution in [2.24, 2.45) is 0 Å². The Morgan fingerprint density at radius 1 is 1.44 bits per heavy atom. The average Bonchev–Trinajstić information content (AvgIpc) is 3.06. The topological polar surface area (TPSA) is 28.2 Å². The van der Waals surface area contributed by atoms with Crippen LogP contribution in [0.4, 0.5) is 5.82 Å². The van der Waals surface area contributed by atoms with Crippen LogP contribution in [0.1, 0.15) is 25.7 Å². The van der Waals surface area contributed by atoms with Gasteiger partial charge in [-0.1, -0.05) is 11.6 Å². The summed E-state index contributed by atoms with van der Waals surface area (Å²) < 4.78 is 0.994. The molecule has 1 aliphatic carbocycles. The number of pyridine rings is 1. The van der Waals surface area contributed by atoms with Gasteiger partial charge in [0.15, 0.2) is 0 Å². The van der Waals surface area contributed by atoms with Gasteiger partial charge in [0.25, 0.3) is 0 Å². The molecule has 0 amide bonds. The summed E-state index contributed by atoms with van der Waals surface area (Å²) in [6, 6.07) is 3.26. The molecular weight excluding hydrogens is 314 g/mol. The lowest BCUT2D eigenvalue weighted by atomic mass is 10.2. The number of aromatic nitrogens is 1. The minimum Gasteiger partial charge on any atom is -0.351 e. The van der Waals surface area contributed by atoms with E-state index < -0.39 is 0 Å². The molecule has 2 heterocycles. The molecule has 0 radical (unpaired) electrons. The van der Waals surface area contributed by atoms with Gasteiger partial charge < -0.3 is 10.2 Å². The zero-order valence-corrected chi connectivity index (χ0v) is 12.5. The minimum absolute atomic E-state index is 0.565. The number of nitrogens with one attached hydrogen (secondary N) is 1. The Kier molecular flexibility index (Phi) is 3.78. The summed E-state index contributed by atoms with van der Waals surface area (Å²) in [7, 11) is 0. The van der Waals surface area contributed by atoms with Gasteiger partial charge in [0.2, 0.25) is 0 Å². The number of halogens is 2. The van der Waals surface area contributed by atoms with Gasteiger partial charge in [0, 0.05) is 31.4 Å². The number of hydrogen-bond acceptors (Lipinski definition) is 3. The molecule has 3 nitrogen and oxygen atoms in total. The van der Waals surface area contributed by atoms with Crippen molar-refractivity contribution in [2.75, 3.05) is 18.0 Å². The molecule has 1 saturated carbocycles. The van der Waals surface area contributed by atoms with Crippen molar-refractivity contribution in [1.29, 1.82) is 0 Å². The van der Waals surface area contributed by atoms with Crippen LogP contribution in [0, 0.1) is 0 Å². The zero-order valence-electron chi connectivity index (χ0n) is 10.2. The quantitative estimate of drug-likeness (QED) is 0.919. The summed E-state index contributed by atoms with van der Waals surface area (Å²) in [6.07, 6.45) is 6.90. The Balaban J connectivity index is 1.72. The molecule has 1 saturated heterocycles. The van der Waals surface area contributed by atoms with Crippen molar-refractivity contribution >= 4 is 33.3 Å². The van der Waals surface area contributed by atoms with Gasteiger partial charge in [-0.25, -0.2) is 4.98 Å². The highest BCUT2D eigenvalue weighted by Crippen LogP contribution is 2.32. The lowest BCUT2D eigenvalue weighted by molar-refractivity contribution is 0.568. The van der Waals surface area contributed by atoms with E-state index in [1.165, 1.54) is 25.7 Å². The lowest BCUT2D eigenvalue weighted by Gasteiger charge is -2.27. The minimum atomic E-state index is 0.565. The standard InChI is InChI=1S/C13H17BrClN3/c14-12-6-9(15)7-17-13(12)18-5-1-2-11(18)8-16-10-3-4-10/h6-7,10-11,16H,1-5,8H2. The number of hydrogen-bond donors (Lipinski definition) is 1. The van der Waals surface area contributed by atoms with E-state index in [2.05, 4.69) is 31.1 Å². The van der Waals surface area contributed by atoms with Crippen LogP contribution in [-0.2, 0) is 0 Å². The van der Waals surface area contributed by atoms with E-state index >= 15 is 0 Å². The van der Waals surface area contributed by atoms with Crippen LogP contribution in [-0.4, -0.2) is 30.2 Å². The van der Waals surface area contributed by atoms with Crippen LogP contribution >= 0.6 is 27.5 Å². The maximum absolute atomic E-state index is 5.95. The largest absolute Gasteiger partial charge is 0.351 e. The Bertz CT molecular complexity index is 436. The first-order valence-corrected chi connectivity index (χ1v) is 7.72. The second-order valence-corrected chi connectivity index (χ2v) is 6.42. The van der Waals surface area contributed by atoms with Crippen molar-refractivity contribution in [3.63, 3.8) is 0 Å². The second-order valence-electron chi connectivity index (χ2n) is 5.13. The van der Waals surface area contributed by atoms with Crippen molar-refractivity contribution in [3.8, 4) is 0 Å². The summed E-state index contributed by atoms with van der Waals surface area (Å²) in [5.41, 5.74) is 0. The van der Waals surface area contributed by atoms with E-state index in [9.17, 15) is 0 Å². The molecule has 0 bridgehead atoms. The molecule has 1 aromatic rings. The van der Waals surface area contributed by atoms with Gasteiger partial charge in [0.05, 0.1) is 9.50 Å². The summed E-state index contributed by atoms with van der Waals surface area (Å²) >= 11 is 9.52. The van der Waals surface area contributed by atoms with E-state index in [1.807, 2.05) is 6.07 Å². The van der Waals surface area contributed by atoms with Crippen molar-refractivity contribution in [1.82, 2.24) is 10.3 Å². The number of rotatable bonds is 4. The fourth-order valence-corrected chi connectivity index (χ4v) is 3.40. The Morgan fingerprint density at radius 2 is 2.28 bits per heavy atom. The van der Waals surface area contributed by atoms with Gasteiger partial charge in [-0.05, 0) is 47.7 Å². The Hall–Kier alpha value is -0.320. The fraction of sp³-hybridized carbons (Fsp3) is 0.615. The van der Waals surface area contributed by atoms with E-state index in [0.717, 1.165) is 29.4 Å². The monoisotopic (exact) mass is 329 g/mol. The van der Waals surface area contributed by atoms with Gasteiger partial charge in [-0.3, -0.25) is 0 Å². The number of nitrogens with zero attached hydrogens (tertiary/aromatic N) is 2. The molecule has 0 spiro atoms. The maximum Gasteiger partial charge on any atom is 0.143 e. The third-order valence-corrected chi connectivity index (χ3v) is 4.45. The molecule has 1 aliphatic heterocycles. The molecule has 1 unspecified atom stereocenters. The molecule has 5 heteroatoms. The second kappa shape index (κ2) is 5.35. The molecule has 2 fully saturated rings. The van der Waals surface area contributed by atoms with Gasteiger partial charge in [-0.15, -0.1) is 0 Å². The first-order chi connectivity index (χ1) is 8.74. The molecule has 3 rings (SSSR count). The predicted molar refractivity (Wildman–Crippen MR) is 78.3 cm³/mol. The van der Waals surface area contributed by atoms with Crippen LogP contribution in [0.15, 0.2) is 16.7 Å². The average molecular weight is 331 g/mol. The van der Waals surface area contributed by atoms with E-state index in [-0.39, 0.29) is 0 Å². The highest BCUT2D eigenvalue weighted by molar-refractivity contribution is 9.10. The molecule has 0 aromatic carbocycles. The van der Waals surface area contributed by atoms with E-state index in [1.54, 1.807) is 6.20 Å². The third kappa shape index (κ3) is 2.81. The number of anilines is 1. The Labute approximate surface area is 121 Å². The van der Waals surface area contributed by atoms with Gasteiger partial charge in [0.1, 0.15) is 5.82 Å². The van der Waals surface area contributed by atoms with Crippen LogP contribution in [0.5, 0.6) is 0 Å². The van der Waals surface area contributed by atoms with Crippen LogP contribution in [0.25, 0.3) is 0 Å². The predicted octanol–water partition coefficient (Wildman–Crippen LogP) is 3.22. The first-order valence-electron chi connectivity index (χ1n) is 6.55. The molecule has 1 atom stereocenters. The summed E-state index contributed by atoms with van der Waals surface area (Å²) in [4.78, 5) is 6.87.